The summed E-state index contributed by atoms with van der Waals surface area (Å²) in [5.74, 6) is 0.931. The fourth-order valence-electron chi connectivity index (χ4n) is 3.21. The molecule has 0 saturated heterocycles. The van der Waals surface area contributed by atoms with Gasteiger partial charge in [0.05, 0.1) is 10.7 Å². The monoisotopic (exact) mass is 280 g/mol. The van der Waals surface area contributed by atoms with Crippen molar-refractivity contribution in [3.05, 3.63) is 22.7 Å². The maximum absolute atomic E-state index is 6.16. The van der Waals surface area contributed by atoms with Crippen LogP contribution in [0, 0.1) is 12.8 Å². The Kier molecular flexibility index (Phi) is 4.62. The zero-order valence-electron chi connectivity index (χ0n) is 12.2. The van der Waals surface area contributed by atoms with E-state index in [9.17, 15) is 0 Å². The van der Waals surface area contributed by atoms with Gasteiger partial charge in [-0.25, -0.2) is 0 Å². The van der Waals surface area contributed by atoms with Gasteiger partial charge in [-0.3, -0.25) is 0 Å². The third kappa shape index (κ3) is 3.17. The van der Waals surface area contributed by atoms with E-state index in [1.165, 1.54) is 43.4 Å². The molecule has 2 N–H and O–H groups in total. The van der Waals surface area contributed by atoms with Crippen LogP contribution in [-0.2, 0) is 0 Å². The van der Waals surface area contributed by atoms with Crippen LogP contribution in [0.3, 0.4) is 0 Å². The van der Waals surface area contributed by atoms with Crippen molar-refractivity contribution in [1.29, 1.82) is 0 Å². The number of benzene rings is 1. The van der Waals surface area contributed by atoms with Crippen molar-refractivity contribution < 1.29 is 0 Å². The van der Waals surface area contributed by atoms with Gasteiger partial charge in [-0.2, -0.15) is 0 Å². The molecule has 1 aliphatic carbocycles. The van der Waals surface area contributed by atoms with Gasteiger partial charge in [-0.1, -0.05) is 24.9 Å². The highest BCUT2D eigenvalue weighted by atomic mass is 35.5. The molecule has 0 aliphatic heterocycles. The Morgan fingerprint density at radius 3 is 2.47 bits per heavy atom. The topological polar surface area (TPSA) is 29.3 Å². The number of aryl methyl sites for hydroxylation is 1. The summed E-state index contributed by atoms with van der Waals surface area (Å²) in [5, 5.41) is 0.662. The van der Waals surface area contributed by atoms with Crippen LogP contribution in [0.5, 0.6) is 0 Å². The second-order valence-electron chi connectivity index (χ2n) is 5.85. The van der Waals surface area contributed by atoms with Crippen molar-refractivity contribution in [2.45, 2.75) is 52.0 Å². The number of nitrogens with two attached hydrogens (primary N) is 1. The van der Waals surface area contributed by atoms with Crippen LogP contribution >= 0.6 is 11.6 Å². The van der Waals surface area contributed by atoms with E-state index >= 15 is 0 Å². The van der Waals surface area contributed by atoms with Crippen molar-refractivity contribution in [2.75, 3.05) is 17.7 Å². The first-order valence-corrected chi connectivity index (χ1v) is 7.69. The van der Waals surface area contributed by atoms with Gasteiger partial charge in [0.25, 0.3) is 0 Å². The average molecular weight is 281 g/mol. The third-order valence-electron chi connectivity index (χ3n) is 4.64. The molecule has 1 saturated carbocycles. The van der Waals surface area contributed by atoms with E-state index in [2.05, 4.69) is 25.8 Å². The Morgan fingerprint density at radius 1 is 1.26 bits per heavy atom. The summed E-state index contributed by atoms with van der Waals surface area (Å²) >= 11 is 6.16. The Hall–Kier alpha value is -0.890. The van der Waals surface area contributed by atoms with E-state index < -0.39 is 0 Å². The van der Waals surface area contributed by atoms with E-state index in [-0.39, 0.29) is 0 Å². The number of hydrogen-bond donors (Lipinski definition) is 1. The molecule has 0 bridgehead atoms. The van der Waals surface area contributed by atoms with E-state index in [0.29, 0.717) is 16.8 Å². The third-order valence-corrected chi connectivity index (χ3v) is 4.96. The molecule has 19 heavy (non-hydrogen) atoms. The van der Waals surface area contributed by atoms with Gasteiger partial charge in [0.2, 0.25) is 0 Å². The highest BCUT2D eigenvalue weighted by Gasteiger charge is 2.24. The lowest BCUT2D eigenvalue weighted by Crippen LogP contribution is -2.35. The molecule has 1 aromatic carbocycles. The normalized spacial score (nSPS) is 23.4. The number of hydrogen-bond acceptors (Lipinski definition) is 2. The van der Waals surface area contributed by atoms with E-state index in [1.807, 2.05) is 12.1 Å². The summed E-state index contributed by atoms with van der Waals surface area (Å²) in [6.45, 7) is 4.41. The van der Waals surface area contributed by atoms with Crippen LogP contribution in [0.2, 0.25) is 5.02 Å². The summed E-state index contributed by atoms with van der Waals surface area (Å²) in [6, 6.07) is 4.63. The second kappa shape index (κ2) is 6.04. The van der Waals surface area contributed by atoms with E-state index in [4.69, 9.17) is 17.3 Å². The molecule has 0 amide bonds. The first-order chi connectivity index (χ1) is 9.02. The quantitative estimate of drug-likeness (QED) is 0.818. The number of anilines is 2. The van der Waals surface area contributed by atoms with Crippen LogP contribution in [0.25, 0.3) is 0 Å². The van der Waals surface area contributed by atoms with Gasteiger partial charge in [0.15, 0.2) is 0 Å². The van der Waals surface area contributed by atoms with Crippen molar-refractivity contribution in [3.63, 3.8) is 0 Å². The highest BCUT2D eigenvalue weighted by molar-refractivity contribution is 6.33. The fraction of sp³-hybridized carbons (Fsp3) is 0.625. The standard InChI is InChI=1S/C16H25ClN2/c1-4-12-5-7-13(8-6-12)19(3)16-10-14(17)15(18)9-11(16)2/h9-10,12-13H,4-8,18H2,1-3H3. The zero-order valence-corrected chi connectivity index (χ0v) is 13.0. The average Bonchev–Trinajstić information content (AvgIpc) is 2.42. The molecule has 3 heteroatoms. The molecule has 1 fully saturated rings. The first kappa shape index (κ1) is 14.5. The second-order valence-corrected chi connectivity index (χ2v) is 6.26. The Bertz CT molecular complexity index is 437. The molecule has 106 valence electrons. The highest BCUT2D eigenvalue weighted by Crippen LogP contribution is 2.34. The van der Waals surface area contributed by atoms with Gasteiger partial charge in [0, 0.05) is 18.8 Å². The molecule has 0 atom stereocenters. The lowest BCUT2D eigenvalue weighted by atomic mass is 9.84. The molecule has 1 aliphatic rings. The van der Waals surface area contributed by atoms with Crippen molar-refractivity contribution in [2.24, 2.45) is 5.92 Å². The minimum Gasteiger partial charge on any atom is -0.398 e. The van der Waals surface area contributed by atoms with Gasteiger partial charge in [0.1, 0.15) is 0 Å². The summed E-state index contributed by atoms with van der Waals surface area (Å²) in [6.07, 6.45) is 6.61. The Labute approximate surface area is 121 Å². The maximum Gasteiger partial charge on any atom is 0.0656 e. The molecule has 2 nitrogen and oxygen atoms in total. The van der Waals surface area contributed by atoms with Gasteiger partial charge in [-0.05, 0) is 56.2 Å². The fourth-order valence-corrected chi connectivity index (χ4v) is 3.37. The minimum atomic E-state index is 0.640. The smallest absolute Gasteiger partial charge is 0.0656 e. The van der Waals surface area contributed by atoms with Crippen molar-refractivity contribution in [1.82, 2.24) is 0 Å². The SMILES string of the molecule is CCC1CCC(N(C)c2cc(Cl)c(N)cc2C)CC1. The van der Waals surface area contributed by atoms with Gasteiger partial charge < -0.3 is 10.6 Å². The van der Waals surface area contributed by atoms with Crippen LogP contribution in [0.4, 0.5) is 11.4 Å². The lowest BCUT2D eigenvalue weighted by Gasteiger charge is -2.36. The molecule has 2 rings (SSSR count). The molecule has 0 spiro atoms. The van der Waals surface area contributed by atoms with Crippen LogP contribution in [-0.4, -0.2) is 13.1 Å². The number of rotatable bonds is 3. The molecule has 0 radical (unpaired) electrons. The molecule has 0 unspecified atom stereocenters. The maximum atomic E-state index is 6.16. The predicted molar refractivity (Wildman–Crippen MR) is 85.0 cm³/mol. The van der Waals surface area contributed by atoms with Gasteiger partial charge in [-0.15, -0.1) is 0 Å². The van der Waals surface area contributed by atoms with Crippen molar-refractivity contribution >= 4 is 23.0 Å². The van der Waals surface area contributed by atoms with Crippen LogP contribution < -0.4 is 10.6 Å². The van der Waals surface area contributed by atoms with Crippen LogP contribution in [0.1, 0.15) is 44.6 Å². The molecule has 1 aromatic rings. The molecular formula is C16H25ClN2. The first-order valence-electron chi connectivity index (χ1n) is 7.31. The molecule has 0 aromatic heterocycles. The summed E-state index contributed by atoms with van der Waals surface area (Å²) < 4.78 is 0. The predicted octanol–water partition coefficient (Wildman–Crippen LogP) is 4.64. The van der Waals surface area contributed by atoms with Crippen LogP contribution in [0.15, 0.2) is 12.1 Å². The summed E-state index contributed by atoms with van der Waals surface area (Å²) in [4.78, 5) is 2.40. The molecular weight excluding hydrogens is 256 g/mol. The van der Waals surface area contributed by atoms with Crippen molar-refractivity contribution in [3.8, 4) is 0 Å². The number of nitrogens with zero attached hydrogens (tertiary/aromatic N) is 1. The Morgan fingerprint density at radius 2 is 1.89 bits per heavy atom. The van der Waals surface area contributed by atoms with E-state index in [0.717, 1.165) is 5.92 Å². The number of halogens is 1. The van der Waals surface area contributed by atoms with Gasteiger partial charge >= 0.3 is 0 Å². The molecule has 0 heterocycles. The zero-order chi connectivity index (χ0) is 14.0. The van der Waals surface area contributed by atoms with E-state index in [1.54, 1.807) is 0 Å². The minimum absolute atomic E-state index is 0.640. The summed E-state index contributed by atoms with van der Waals surface area (Å²) in [5.41, 5.74) is 8.96. The summed E-state index contributed by atoms with van der Waals surface area (Å²) in [7, 11) is 2.19. The lowest BCUT2D eigenvalue weighted by molar-refractivity contribution is 0.313. The Balaban J connectivity index is 2.12. The number of nitrogen functional groups attached to an aromatic ring is 1. The largest absolute Gasteiger partial charge is 0.398 e.